The van der Waals surface area contributed by atoms with Gasteiger partial charge in [0.25, 0.3) is 0 Å². The van der Waals surface area contributed by atoms with E-state index in [4.69, 9.17) is 5.11 Å². The SMILES string of the molecule is O=C(O)CCCCCCCCCCCC#CC1=CC(=O)OC1O. The maximum absolute atomic E-state index is 10.9. The first-order valence-corrected chi connectivity index (χ1v) is 8.40. The average molecular weight is 322 g/mol. The summed E-state index contributed by atoms with van der Waals surface area (Å²) in [5.41, 5.74) is 0.345. The lowest BCUT2D eigenvalue weighted by Gasteiger charge is -2.01. The molecule has 0 spiro atoms. The van der Waals surface area contributed by atoms with E-state index in [1.54, 1.807) is 0 Å². The highest BCUT2D eigenvalue weighted by Crippen LogP contribution is 2.13. The number of carboxylic acid groups (broad SMARTS) is 1. The van der Waals surface area contributed by atoms with Crippen LogP contribution in [0.1, 0.15) is 70.6 Å². The Labute approximate surface area is 137 Å². The van der Waals surface area contributed by atoms with Crippen LogP contribution in [-0.4, -0.2) is 28.4 Å². The van der Waals surface area contributed by atoms with E-state index in [-0.39, 0.29) is 6.42 Å². The number of ether oxygens (including phenoxy) is 1. The highest BCUT2D eigenvalue weighted by molar-refractivity contribution is 5.86. The lowest BCUT2D eigenvalue weighted by atomic mass is 10.1. The molecule has 0 radical (unpaired) electrons. The third-order valence-corrected chi connectivity index (χ3v) is 3.69. The van der Waals surface area contributed by atoms with Gasteiger partial charge in [-0.05, 0) is 12.8 Å². The summed E-state index contributed by atoms with van der Waals surface area (Å²) in [6.07, 6.45) is 10.9. The Morgan fingerprint density at radius 1 is 1.04 bits per heavy atom. The van der Waals surface area contributed by atoms with Crippen LogP contribution < -0.4 is 0 Å². The van der Waals surface area contributed by atoms with Crippen molar-refractivity contribution in [2.45, 2.75) is 76.9 Å². The summed E-state index contributed by atoms with van der Waals surface area (Å²) >= 11 is 0. The van der Waals surface area contributed by atoms with Gasteiger partial charge >= 0.3 is 11.9 Å². The Hall–Kier alpha value is -1.80. The number of aliphatic hydroxyl groups excluding tert-OH is 1. The second-order valence-electron chi connectivity index (χ2n) is 5.77. The second-order valence-corrected chi connectivity index (χ2v) is 5.77. The van der Waals surface area contributed by atoms with Crippen LogP contribution in [0.15, 0.2) is 11.6 Å². The normalized spacial score (nSPS) is 16.5. The summed E-state index contributed by atoms with van der Waals surface area (Å²) in [5.74, 6) is 4.49. The predicted octanol–water partition coefficient (Wildman–Crippen LogP) is 3.17. The molecule has 1 heterocycles. The number of carbonyl (C=O) groups excluding carboxylic acids is 1. The van der Waals surface area contributed by atoms with E-state index in [1.807, 2.05) is 0 Å². The Bertz CT molecular complexity index is 470. The van der Waals surface area contributed by atoms with Crippen molar-refractivity contribution in [3.63, 3.8) is 0 Å². The highest BCUT2D eigenvalue weighted by Gasteiger charge is 2.21. The summed E-state index contributed by atoms with van der Waals surface area (Å²) in [6.45, 7) is 0. The van der Waals surface area contributed by atoms with Gasteiger partial charge in [0.1, 0.15) is 0 Å². The zero-order chi connectivity index (χ0) is 16.9. The predicted molar refractivity (Wildman–Crippen MR) is 86.4 cm³/mol. The molecule has 0 amide bonds. The molecule has 0 bridgehead atoms. The molecule has 0 aromatic rings. The molecule has 5 nitrogen and oxygen atoms in total. The number of carbonyl (C=O) groups is 2. The number of rotatable bonds is 11. The molecule has 0 aliphatic carbocycles. The molecule has 0 saturated heterocycles. The van der Waals surface area contributed by atoms with Crippen molar-refractivity contribution in [2.75, 3.05) is 0 Å². The summed E-state index contributed by atoms with van der Waals surface area (Å²) in [7, 11) is 0. The van der Waals surface area contributed by atoms with Crippen molar-refractivity contribution >= 4 is 11.9 Å². The van der Waals surface area contributed by atoms with Gasteiger partial charge in [-0.3, -0.25) is 4.79 Å². The minimum Gasteiger partial charge on any atom is -0.481 e. The number of cyclic esters (lactones) is 1. The molecule has 1 atom stereocenters. The number of aliphatic carboxylic acids is 1. The topological polar surface area (TPSA) is 83.8 Å². The molecule has 0 aromatic heterocycles. The highest BCUT2D eigenvalue weighted by atomic mass is 16.6. The number of aliphatic hydroxyl groups is 1. The molecule has 2 N–H and O–H groups in total. The molecule has 23 heavy (non-hydrogen) atoms. The maximum atomic E-state index is 10.9. The molecule has 1 aliphatic heterocycles. The van der Waals surface area contributed by atoms with Crippen LogP contribution in [0.2, 0.25) is 0 Å². The van der Waals surface area contributed by atoms with E-state index in [1.165, 1.54) is 31.8 Å². The first-order chi connectivity index (χ1) is 11.1. The van der Waals surface area contributed by atoms with Crippen molar-refractivity contribution in [2.24, 2.45) is 0 Å². The first-order valence-electron chi connectivity index (χ1n) is 8.40. The quantitative estimate of drug-likeness (QED) is 0.347. The van der Waals surface area contributed by atoms with Gasteiger partial charge in [-0.25, -0.2) is 4.79 Å². The number of carboxylic acids is 1. The standard InChI is InChI=1S/C18H26O5/c19-16(20)13-11-9-7-5-3-1-2-4-6-8-10-12-15-14-17(21)23-18(15)22/h14,18,22H,1-9,11,13H2,(H,19,20). The molecule has 5 heteroatoms. The van der Waals surface area contributed by atoms with E-state index in [0.717, 1.165) is 38.5 Å². The molecule has 1 unspecified atom stereocenters. The fourth-order valence-corrected chi connectivity index (χ4v) is 2.40. The number of hydrogen-bond acceptors (Lipinski definition) is 4. The van der Waals surface area contributed by atoms with Crippen molar-refractivity contribution in [1.82, 2.24) is 0 Å². The molecular formula is C18H26O5. The van der Waals surface area contributed by atoms with Crippen LogP contribution in [0.5, 0.6) is 0 Å². The van der Waals surface area contributed by atoms with E-state index < -0.39 is 18.2 Å². The van der Waals surface area contributed by atoms with Crippen molar-refractivity contribution in [3.8, 4) is 11.8 Å². The van der Waals surface area contributed by atoms with Crippen LogP contribution in [0, 0.1) is 11.8 Å². The number of hydrogen-bond donors (Lipinski definition) is 2. The molecule has 0 aromatic carbocycles. The van der Waals surface area contributed by atoms with Gasteiger partial charge < -0.3 is 14.9 Å². The minimum absolute atomic E-state index is 0.287. The summed E-state index contributed by atoms with van der Waals surface area (Å²) in [5, 5.41) is 17.8. The third kappa shape index (κ3) is 9.75. The minimum atomic E-state index is -1.19. The molecule has 0 fully saturated rings. The van der Waals surface area contributed by atoms with E-state index in [9.17, 15) is 14.7 Å². The number of unbranched alkanes of at least 4 members (excludes halogenated alkanes) is 9. The fourth-order valence-electron chi connectivity index (χ4n) is 2.40. The van der Waals surface area contributed by atoms with Crippen molar-refractivity contribution < 1.29 is 24.5 Å². The van der Waals surface area contributed by atoms with E-state index >= 15 is 0 Å². The van der Waals surface area contributed by atoms with Crippen molar-refractivity contribution in [1.29, 1.82) is 0 Å². The lowest BCUT2D eigenvalue weighted by Crippen LogP contribution is -2.08. The van der Waals surface area contributed by atoms with Gasteiger partial charge in [-0.1, -0.05) is 56.8 Å². The van der Waals surface area contributed by atoms with Gasteiger partial charge in [0.15, 0.2) is 0 Å². The number of esters is 1. The van der Waals surface area contributed by atoms with Crippen LogP contribution >= 0.6 is 0 Å². The van der Waals surface area contributed by atoms with Gasteiger partial charge in [0.2, 0.25) is 6.29 Å². The smallest absolute Gasteiger partial charge is 0.334 e. The summed E-state index contributed by atoms with van der Waals surface area (Å²) in [6, 6.07) is 0. The van der Waals surface area contributed by atoms with Crippen LogP contribution in [0.4, 0.5) is 0 Å². The Kier molecular flexibility index (Phi) is 9.81. The van der Waals surface area contributed by atoms with Gasteiger partial charge in [0.05, 0.1) is 5.57 Å². The largest absolute Gasteiger partial charge is 0.481 e. The molecule has 1 rings (SSSR count). The van der Waals surface area contributed by atoms with Gasteiger partial charge in [-0.15, -0.1) is 0 Å². The zero-order valence-corrected chi connectivity index (χ0v) is 13.6. The van der Waals surface area contributed by atoms with Crippen molar-refractivity contribution in [3.05, 3.63) is 11.6 Å². The Balaban J connectivity index is 1.88. The fraction of sp³-hybridized carbons (Fsp3) is 0.667. The lowest BCUT2D eigenvalue weighted by molar-refractivity contribution is -0.150. The average Bonchev–Trinajstić information content (AvgIpc) is 2.81. The molecule has 128 valence electrons. The Morgan fingerprint density at radius 2 is 1.61 bits per heavy atom. The second kappa shape index (κ2) is 11.7. The van der Waals surface area contributed by atoms with Gasteiger partial charge in [-0.2, -0.15) is 0 Å². The zero-order valence-electron chi connectivity index (χ0n) is 13.6. The Morgan fingerprint density at radius 3 is 2.13 bits per heavy atom. The third-order valence-electron chi connectivity index (χ3n) is 3.69. The van der Waals surface area contributed by atoms with Gasteiger partial charge in [0, 0.05) is 18.9 Å². The molecular weight excluding hydrogens is 296 g/mol. The summed E-state index contributed by atoms with van der Waals surface area (Å²) in [4.78, 5) is 21.2. The van der Waals surface area contributed by atoms with Crippen LogP contribution in [0.3, 0.4) is 0 Å². The summed E-state index contributed by atoms with van der Waals surface area (Å²) < 4.78 is 4.54. The molecule has 0 saturated carbocycles. The van der Waals surface area contributed by atoms with E-state index in [2.05, 4.69) is 16.6 Å². The monoisotopic (exact) mass is 322 g/mol. The van der Waals surface area contributed by atoms with E-state index in [0.29, 0.717) is 5.57 Å². The molecule has 1 aliphatic rings. The first kappa shape index (κ1) is 19.2. The van der Waals surface area contributed by atoms with Crippen LogP contribution in [0.25, 0.3) is 0 Å². The van der Waals surface area contributed by atoms with Crippen LogP contribution in [-0.2, 0) is 14.3 Å². The maximum Gasteiger partial charge on any atom is 0.334 e.